The van der Waals surface area contributed by atoms with Crippen molar-refractivity contribution in [3.63, 3.8) is 0 Å². The molecule has 0 bridgehead atoms. The first-order chi connectivity index (χ1) is 25.7. The number of methoxy groups -OCH3 is 1. The number of carbonyl (C=O) groups excluding carboxylic acids is 3. The van der Waals surface area contributed by atoms with Crippen LogP contribution in [0.15, 0.2) is 48.8 Å². The molecule has 0 saturated carbocycles. The number of aryl methyl sites for hydroxylation is 1. The van der Waals surface area contributed by atoms with E-state index in [4.69, 9.17) is 14.2 Å². The van der Waals surface area contributed by atoms with Crippen molar-refractivity contribution in [1.82, 2.24) is 35.5 Å². The van der Waals surface area contributed by atoms with E-state index in [-0.39, 0.29) is 23.8 Å². The van der Waals surface area contributed by atoms with E-state index in [1.807, 2.05) is 56.4 Å². The van der Waals surface area contributed by atoms with Gasteiger partial charge in [-0.25, -0.2) is 14.8 Å². The van der Waals surface area contributed by atoms with Crippen LogP contribution in [0.4, 0.5) is 4.79 Å². The van der Waals surface area contributed by atoms with Gasteiger partial charge < -0.3 is 39.7 Å². The van der Waals surface area contributed by atoms with Crippen LogP contribution in [0.1, 0.15) is 64.6 Å². The maximum atomic E-state index is 13.7. The molecule has 3 amide bonds. The number of carbonyl (C=O) groups is 3. The molecule has 0 radical (unpaired) electrons. The number of aromatic nitrogens is 4. The Morgan fingerprint density at radius 1 is 0.981 bits per heavy atom. The summed E-state index contributed by atoms with van der Waals surface area (Å²) in [6.45, 7) is 8.12. The smallest absolute Gasteiger partial charge is 0.407 e. The number of aromatic amines is 2. The summed E-state index contributed by atoms with van der Waals surface area (Å²) in [5.74, 6) is 6.82. The Hall–Kier alpha value is -4.63. The van der Waals surface area contributed by atoms with Gasteiger partial charge in [0.15, 0.2) is 23.0 Å². The van der Waals surface area contributed by atoms with Gasteiger partial charge in [0.2, 0.25) is 11.8 Å². The number of H-pyrrole nitrogens is 2. The zero-order valence-electron chi connectivity index (χ0n) is 30.7. The van der Waals surface area contributed by atoms with Gasteiger partial charge in [-0.3, -0.25) is 9.59 Å². The van der Waals surface area contributed by atoms with E-state index < -0.39 is 12.1 Å². The largest absolute Gasteiger partial charge is 0.453 e. The predicted molar refractivity (Wildman–Crippen MR) is 207 cm³/mol. The van der Waals surface area contributed by atoms with E-state index in [0.29, 0.717) is 58.7 Å². The molecule has 0 spiro atoms. The van der Waals surface area contributed by atoms with E-state index in [2.05, 4.69) is 44.4 Å². The second kappa shape index (κ2) is 17.5. The van der Waals surface area contributed by atoms with Crippen molar-refractivity contribution in [2.24, 2.45) is 11.8 Å². The van der Waals surface area contributed by atoms with E-state index >= 15 is 0 Å². The van der Waals surface area contributed by atoms with Crippen molar-refractivity contribution in [3.8, 4) is 45.5 Å². The topological polar surface area (TPSA) is 164 Å². The lowest BCUT2D eigenvalue weighted by atomic mass is 9.97. The number of nitrogens with zero attached hydrogens (tertiary/aromatic N) is 3. The minimum absolute atomic E-state index is 0.0699. The average molecular weight is 762 g/mol. The fourth-order valence-electron chi connectivity index (χ4n) is 6.04. The Balaban J connectivity index is 1.06. The van der Waals surface area contributed by atoms with Gasteiger partial charge in [-0.2, -0.15) is 0 Å². The summed E-state index contributed by atoms with van der Waals surface area (Å²) in [6.07, 6.45) is 6.00. The quantitative estimate of drug-likeness (QED) is 0.0621. The van der Waals surface area contributed by atoms with Crippen LogP contribution in [0, 0.1) is 11.8 Å². The summed E-state index contributed by atoms with van der Waals surface area (Å²) < 4.78 is 17.4. The van der Waals surface area contributed by atoms with Gasteiger partial charge in [0.25, 0.3) is 0 Å². The summed E-state index contributed by atoms with van der Waals surface area (Å²) in [4.78, 5) is 55.5. The molecule has 53 heavy (non-hydrogen) atoms. The SMILES string of the molecule is CC[C@H](C)CC(=O)NCSCCc1ncc(-c2ccc3c(c2)Oc2ccc(-c4cnc([C@@H]5CSCN5C(=O)[C@@H](NC(=O)OC)[C@@H](C)CC)[nH]4)cc2O3)[nH]1. The highest BCUT2D eigenvalue weighted by Crippen LogP contribution is 2.47. The van der Waals surface area contributed by atoms with Crippen LogP contribution in [-0.2, 0) is 20.7 Å². The van der Waals surface area contributed by atoms with Crippen molar-refractivity contribution in [2.45, 2.75) is 65.5 Å². The molecule has 1 fully saturated rings. The Bertz CT molecular complexity index is 1910. The monoisotopic (exact) mass is 761 g/mol. The van der Waals surface area contributed by atoms with E-state index in [1.54, 1.807) is 34.6 Å². The molecule has 2 aliphatic heterocycles. The molecule has 2 aromatic carbocycles. The van der Waals surface area contributed by atoms with Gasteiger partial charge >= 0.3 is 6.09 Å². The Morgan fingerprint density at radius 3 is 2.32 bits per heavy atom. The van der Waals surface area contributed by atoms with Gasteiger partial charge in [0.05, 0.1) is 48.7 Å². The first-order valence-electron chi connectivity index (χ1n) is 18.0. The molecule has 13 nitrogen and oxygen atoms in total. The van der Waals surface area contributed by atoms with Gasteiger partial charge in [-0.1, -0.05) is 40.5 Å². The number of alkyl carbamates (subject to hydrolysis) is 1. The number of hydrogen-bond donors (Lipinski definition) is 4. The number of hydrogen-bond acceptors (Lipinski definition) is 10. The maximum absolute atomic E-state index is 13.7. The van der Waals surface area contributed by atoms with Crippen molar-refractivity contribution >= 4 is 41.4 Å². The lowest BCUT2D eigenvalue weighted by Crippen LogP contribution is -2.51. The van der Waals surface area contributed by atoms with Crippen LogP contribution in [0.3, 0.4) is 0 Å². The molecule has 4 N–H and O–H groups in total. The first-order valence-corrected chi connectivity index (χ1v) is 20.3. The highest BCUT2D eigenvalue weighted by Gasteiger charge is 2.38. The van der Waals surface area contributed by atoms with Crippen molar-refractivity contribution in [3.05, 3.63) is 60.4 Å². The Labute approximate surface area is 318 Å². The third-order valence-corrected chi connectivity index (χ3v) is 11.5. The van der Waals surface area contributed by atoms with E-state index in [0.717, 1.165) is 53.4 Å². The predicted octanol–water partition coefficient (Wildman–Crippen LogP) is 7.50. The van der Waals surface area contributed by atoms with Gasteiger partial charge in [0.1, 0.15) is 17.7 Å². The molecule has 282 valence electrons. The van der Waals surface area contributed by atoms with Gasteiger partial charge in [-0.15, -0.1) is 23.5 Å². The third-order valence-electron chi connectivity index (χ3n) is 9.68. The molecule has 0 aliphatic carbocycles. The first kappa shape index (κ1) is 38.1. The zero-order valence-corrected chi connectivity index (χ0v) is 32.3. The number of thioether (sulfide) groups is 2. The standard InChI is InChI=1S/C38H47N7O6S2/c1-6-22(3)14-34(46)41-20-52-13-12-33-39-17-26(42-33)24-8-10-29-31(15-24)50-30-11-9-25(16-32(30)51-29)27-18-40-36(43-27)28-19-53-21-45(28)37(47)35(23(4)7-2)44-38(48)49-5/h8-11,15-18,22-23,28,35H,6-7,12-14,19-21H2,1-5H3,(H,39,42)(H,40,43)(H,41,46)(H,44,48)/t22-,23-,28-,35-/m0/s1. The molecule has 6 rings (SSSR count). The van der Waals surface area contributed by atoms with Crippen LogP contribution < -0.4 is 20.1 Å². The third kappa shape index (κ3) is 9.13. The van der Waals surface area contributed by atoms with Crippen LogP contribution >= 0.6 is 23.5 Å². The Morgan fingerprint density at radius 2 is 1.66 bits per heavy atom. The number of rotatable bonds is 15. The van der Waals surface area contributed by atoms with Crippen molar-refractivity contribution < 1.29 is 28.6 Å². The van der Waals surface area contributed by atoms with Gasteiger partial charge in [-0.05, 0) is 48.2 Å². The molecule has 4 heterocycles. The summed E-state index contributed by atoms with van der Waals surface area (Å²) in [6, 6.07) is 10.5. The lowest BCUT2D eigenvalue weighted by molar-refractivity contribution is -0.135. The summed E-state index contributed by atoms with van der Waals surface area (Å²) in [5.41, 5.74) is 3.44. The molecule has 2 aromatic heterocycles. The minimum atomic E-state index is -0.697. The summed E-state index contributed by atoms with van der Waals surface area (Å²) in [5, 5.41) is 5.71. The number of fused-ring (bicyclic) bond motifs is 2. The second-order valence-electron chi connectivity index (χ2n) is 13.4. The van der Waals surface area contributed by atoms with Crippen LogP contribution in [0.25, 0.3) is 22.5 Å². The average Bonchev–Trinajstić information content (AvgIpc) is 3.96. The summed E-state index contributed by atoms with van der Waals surface area (Å²) >= 11 is 3.32. The highest BCUT2D eigenvalue weighted by molar-refractivity contribution is 7.99. The van der Waals surface area contributed by atoms with Crippen LogP contribution in [0.2, 0.25) is 0 Å². The number of amides is 3. The number of ether oxygens (including phenoxy) is 3. The fourth-order valence-corrected chi connectivity index (χ4v) is 7.96. The van der Waals surface area contributed by atoms with Crippen LogP contribution in [0.5, 0.6) is 23.0 Å². The van der Waals surface area contributed by atoms with E-state index in [9.17, 15) is 14.4 Å². The highest BCUT2D eigenvalue weighted by atomic mass is 32.2. The van der Waals surface area contributed by atoms with Crippen molar-refractivity contribution in [2.75, 3.05) is 30.4 Å². The molecule has 1 saturated heterocycles. The summed E-state index contributed by atoms with van der Waals surface area (Å²) in [7, 11) is 1.29. The van der Waals surface area contributed by atoms with Crippen molar-refractivity contribution in [1.29, 1.82) is 0 Å². The lowest BCUT2D eigenvalue weighted by Gasteiger charge is -2.30. The molecule has 4 aromatic rings. The van der Waals surface area contributed by atoms with Gasteiger partial charge in [0, 0.05) is 35.5 Å². The minimum Gasteiger partial charge on any atom is -0.453 e. The zero-order chi connectivity index (χ0) is 37.5. The number of imidazole rings is 2. The van der Waals surface area contributed by atoms with E-state index in [1.165, 1.54) is 7.11 Å². The fraction of sp³-hybridized carbons (Fsp3) is 0.447. The number of nitrogens with one attached hydrogen (secondary N) is 4. The Kier molecular flexibility index (Phi) is 12.6. The molecule has 4 atom stereocenters. The molecule has 2 aliphatic rings. The second-order valence-corrected chi connectivity index (χ2v) is 15.5. The van der Waals surface area contributed by atoms with Crippen LogP contribution in [-0.4, -0.2) is 79.2 Å². The normalized spacial score (nSPS) is 16.4. The molecule has 0 unspecified atom stereocenters. The molecular weight excluding hydrogens is 715 g/mol. The molecular formula is C38H47N7O6S2. The maximum Gasteiger partial charge on any atom is 0.407 e. The molecule has 15 heteroatoms. The number of benzene rings is 2.